The maximum atomic E-state index is 13.0. The van der Waals surface area contributed by atoms with Gasteiger partial charge in [-0.2, -0.15) is 13.2 Å². The predicted molar refractivity (Wildman–Crippen MR) is 83.8 cm³/mol. The van der Waals surface area contributed by atoms with E-state index in [0.717, 1.165) is 4.58 Å². The molecule has 25 heavy (non-hydrogen) atoms. The molecule has 0 aromatic heterocycles. The Labute approximate surface area is 145 Å². The van der Waals surface area contributed by atoms with Crippen LogP contribution in [0.15, 0.2) is 66.1 Å². The monoisotopic (exact) mass is 366 g/mol. The molecule has 2 aromatic rings. The molecule has 0 bridgehead atoms. The normalized spacial score (nSPS) is 16.9. The van der Waals surface area contributed by atoms with E-state index in [2.05, 4.69) is 0 Å². The molecule has 0 fully saturated rings. The summed E-state index contributed by atoms with van der Waals surface area (Å²) in [5.41, 5.74) is -0.251. The second-order valence-corrected chi connectivity index (χ2v) is 5.53. The van der Waals surface area contributed by atoms with Crippen LogP contribution < -0.4 is 5.11 Å². The van der Waals surface area contributed by atoms with Crippen molar-refractivity contribution in [1.82, 2.24) is 0 Å². The third-order valence-electron chi connectivity index (χ3n) is 3.42. The van der Waals surface area contributed by atoms with Crippen LogP contribution in [0.1, 0.15) is 5.56 Å². The van der Waals surface area contributed by atoms with E-state index < -0.39 is 23.5 Å². The summed E-state index contributed by atoms with van der Waals surface area (Å²) in [6, 6.07) is 14.1. The van der Waals surface area contributed by atoms with Crippen molar-refractivity contribution in [3.63, 3.8) is 0 Å². The van der Waals surface area contributed by atoms with Gasteiger partial charge in [0.05, 0.1) is 11.3 Å². The number of nitrogens with one attached hydrogen (secondary N) is 1. The van der Waals surface area contributed by atoms with Gasteiger partial charge in [-0.15, -0.1) is 4.58 Å². The lowest BCUT2D eigenvalue weighted by molar-refractivity contribution is -0.417. The minimum atomic E-state index is -5.14. The number of ether oxygens (including phenoxy) is 1. The molecule has 2 aromatic carbocycles. The van der Waals surface area contributed by atoms with Crippen LogP contribution >= 0.6 is 11.6 Å². The average Bonchev–Trinajstić information content (AvgIpc) is 2.92. The molecule has 1 N–H and O–H groups in total. The fourth-order valence-electron chi connectivity index (χ4n) is 2.34. The topological polar surface area (TPSA) is 59.1 Å². The van der Waals surface area contributed by atoms with Gasteiger partial charge in [-0.25, -0.2) is 0 Å². The van der Waals surface area contributed by atoms with Crippen molar-refractivity contribution in [3.8, 4) is 0 Å². The largest absolute Gasteiger partial charge is 0.865 e. The first-order chi connectivity index (χ1) is 11.8. The van der Waals surface area contributed by atoms with Crippen molar-refractivity contribution in [2.45, 2.75) is 6.18 Å². The van der Waals surface area contributed by atoms with Gasteiger partial charge in [0, 0.05) is 17.2 Å². The molecule has 0 saturated heterocycles. The fraction of sp³-hybridized carbons (Fsp3) is 0.0588. The quantitative estimate of drug-likeness (QED) is 0.652. The Kier molecular flexibility index (Phi) is 4.26. The van der Waals surface area contributed by atoms with Gasteiger partial charge in [0.1, 0.15) is 0 Å². The minimum absolute atomic E-state index is 0.0551. The minimum Gasteiger partial charge on any atom is -0.865 e. The number of hydrogen-bond donors (Lipinski definition) is 1. The number of hydrogen-bond acceptors (Lipinski definition) is 3. The van der Waals surface area contributed by atoms with E-state index in [1.807, 2.05) is 0 Å². The van der Waals surface area contributed by atoms with E-state index in [4.69, 9.17) is 21.7 Å². The molecular weight excluding hydrogens is 357 g/mol. The number of allylic oxidation sites excluding steroid dienone is 1. The van der Waals surface area contributed by atoms with Crippen LogP contribution in [-0.2, 0) is 4.74 Å². The third-order valence-corrected chi connectivity index (χ3v) is 3.67. The van der Waals surface area contributed by atoms with Gasteiger partial charge in [0.25, 0.3) is 11.6 Å². The molecule has 0 unspecified atom stereocenters. The van der Waals surface area contributed by atoms with E-state index in [-0.39, 0.29) is 11.6 Å². The van der Waals surface area contributed by atoms with Gasteiger partial charge in [-0.05, 0) is 24.3 Å². The van der Waals surface area contributed by atoms with E-state index in [1.54, 1.807) is 30.3 Å². The van der Waals surface area contributed by atoms with Crippen molar-refractivity contribution < 1.29 is 27.6 Å². The van der Waals surface area contributed by atoms with Crippen LogP contribution in [0.2, 0.25) is 5.02 Å². The molecule has 128 valence electrons. The number of halogens is 4. The molecular formula is C17H10ClF3N2O2. The summed E-state index contributed by atoms with van der Waals surface area (Å²) in [5, 5.41) is 20.0. The highest BCUT2D eigenvalue weighted by Crippen LogP contribution is 2.32. The zero-order valence-electron chi connectivity index (χ0n) is 12.5. The van der Waals surface area contributed by atoms with E-state index >= 15 is 0 Å². The number of alkyl halides is 3. The SMILES string of the molecule is N=C1OC(c2ccccc2)=[N+](c2ccc(Cl)cc2)/C1=C(\[O-])C(F)(F)F. The van der Waals surface area contributed by atoms with Crippen LogP contribution in [0.3, 0.4) is 0 Å². The lowest BCUT2D eigenvalue weighted by Crippen LogP contribution is -2.29. The molecule has 1 aliphatic rings. The Morgan fingerprint density at radius 1 is 1.04 bits per heavy atom. The predicted octanol–water partition coefficient (Wildman–Crippen LogP) is 3.57. The number of benzene rings is 2. The first kappa shape index (κ1) is 17.0. The number of nitrogens with zero attached hydrogens (tertiary/aromatic N) is 1. The number of rotatable bonds is 2. The summed E-state index contributed by atoms with van der Waals surface area (Å²) in [6.07, 6.45) is -5.14. The van der Waals surface area contributed by atoms with Crippen molar-refractivity contribution in [2.24, 2.45) is 0 Å². The summed E-state index contributed by atoms with van der Waals surface area (Å²) >= 11 is 5.82. The van der Waals surface area contributed by atoms with Crippen molar-refractivity contribution in [1.29, 1.82) is 5.41 Å². The molecule has 0 atom stereocenters. The molecule has 1 aliphatic heterocycles. The first-order valence-corrected chi connectivity index (χ1v) is 7.40. The zero-order valence-corrected chi connectivity index (χ0v) is 13.2. The summed E-state index contributed by atoms with van der Waals surface area (Å²) in [4.78, 5) is 0. The Morgan fingerprint density at radius 3 is 2.20 bits per heavy atom. The Morgan fingerprint density at radius 2 is 1.64 bits per heavy atom. The van der Waals surface area contributed by atoms with Crippen LogP contribution in [-0.4, -0.2) is 22.5 Å². The molecule has 0 radical (unpaired) electrons. The molecule has 3 rings (SSSR count). The van der Waals surface area contributed by atoms with Gasteiger partial charge in [0.15, 0.2) is 0 Å². The molecule has 0 aliphatic carbocycles. The highest BCUT2D eigenvalue weighted by Gasteiger charge is 2.44. The van der Waals surface area contributed by atoms with Crippen molar-refractivity contribution in [3.05, 3.63) is 76.6 Å². The highest BCUT2D eigenvalue weighted by atomic mass is 35.5. The second-order valence-electron chi connectivity index (χ2n) is 5.09. The van der Waals surface area contributed by atoms with Crippen LogP contribution in [0.4, 0.5) is 18.9 Å². The van der Waals surface area contributed by atoms with Crippen LogP contribution in [0, 0.1) is 5.41 Å². The molecule has 4 nitrogen and oxygen atoms in total. The highest BCUT2D eigenvalue weighted by molar-refractivity contribution is 6.30. The Balaban J connectivity index is 2.31. The van der Waals surface area contributed by atoms with Crippen molar-refractivity contribution in [2.75, 3.05) is 0 Å². The molecule has 0 saturated carbocycles. The van der Waals surface area contributed by atoms with Gasteiger partial charge in [-0.3, -0.25) is 5.41 Å². The summed E-state index contributed by atoms with van der Waals surface area (Å²) in [5.74, 6) is -3.07. The average molecular weight is 367 g/mol. The standard InChI is InChI=1S/C17H10ClF3N2O2/c18-11-6-8-12(9-7-11)23-13(14(24)17(19,20)21)15(22)25-16(23)10-4-2-1-3-5-10/h1-9H,(H-,22,24). The zero-order chi connectivity index (χ0) is 18.2. The van der Waals surface area contributed by atoms with Crippen molar-refractivity contribution >= 4 is 29.1 Å². The Bertz CT molecular complexity index is 888. The summed E-state index contributed by atoms with van der Waals surface area (Å²) in [6.45, 7) is 0. The van der Waals surface area contributed by atoms with Gasteiger partial charge in [-0.1, -0.05) is 29.8 Å². The summed E-state index contributed by atoms with van der Waals surface area (Å²) < 4.78 is 45.1. The Hall–Kier alpha value is -2.80. The maximum absolute atomic E-state index is 13.0. The van der Waals surface area contributed by atoms with Crippen LogP contribution in [0.5, 0.6) is 0 Å². The van der Waals surface area contributed by atoms with E-state index in [1.165, 1.54) is 24.3 Å². The van der Waals surface area contributed by atoms with Gasteiger partial charge in [0.2, 0.25) is 5.69 Å². The molecule has 0 amide bonds. The first-order valence-electron chi connectivity index (χ1n) is 7.02. The van der Waals surface area contributed by atoms with Gasteiger partial charge < -0.3 is 9.84 Å². The molecule has 1 heterocycles. The lowest BCUT2D eigenvalue weighted by atomic mass is 10.2. The van der Waals surface area contributed by atoms with Crippen LogP contribution in [0.25, 0.3) is 0 Å². The maximum Gasteiger partial charge on any atom is 0.409 e. The molecule has 0 spiro atoms. The lowest BCUT2D eigenvalue weighted by Gasteiger charge is -2.15. The fourth-order valence-corrected chi connectivity index (χ4v) is 2.46. The van der Waals surface area contributed by atoms with E-state index in [9.17, 15) is 18.3 Å². The third kappa shape index (κ3) is 3.23. The van der Waals surface area contributed by atoms with Gasteiger partial charge >= 0.3 is 12.1 Å². The smallest absolute Gasteiger partial charge is 0.409 e. The summed E-state index contributed by atoms with van der Waals surface area (Å²) in [7, 11) is 0. The second kappa shape index (κ2) is 6.25. The molecule has 8 heteroatoms. The van der Waals surface area contributed by atoms with E-state index in [0.29, 0.717) is 10.6 Å².